The number of benzene rings is 2. The van der Waals surface area contributed by atoms with Crippen molar-refractivity contribution >= 4 is 17.0 Å². The van der Waals surface area contributed by atoms with Gasteiger partial charge in [-0.15, -0.1) is 0 Å². The van der Waals surface area contributed by atoms with Crippen molar-refractivity contribution in [3.63, 3.8) is 0 Å². The lowest BCUT2D eigenvalue weighted by Gasteiger charge is -2.44. The van der Waals surface area contributed by atoms with Gasteiger partial charge in [0.2, 0.25) is 5.89 Å². The Bertz CT molecular complexity index is 1000. The summed E-state index contributed by atoms with van der Waals surface area (Å²) in [5, 5.41) is 3.24. The third-order valence-corrected chi connectivity index (χ3v) is 5.97. The second-order valence-corrected chi connectivity index (χ2v) is 7.62. The van der Waals surface area contributed by atoms with Gasteiger partial charge in [-0.1, -0.05) is 6.07 Å². The minimum Gasteiger partial charge on any atom is -0.497 e. The fourth-order valence-corrected chi connectivity index (χ4v) is 4.36. The molecular formula is C22H23N3O3. The first-order chi connectivity index (χ1) is 13.7. The average Bonchev–Trinajstić information content (AvgIpc) is 3.19. The van der Waals surface area contributed by atoms with Gasteiger partial charge < -0.3 is 19.4 Å². The molecule has 2 aromatic carbocycles. The molecule has 4 heterocycles. The predicted molar refractivity (Wildman–Crippen MR) is 106 cm³/mol. The van der Waals surface area contributed by atoms with E-state index in [0.717, 1.165) is 30.9 Å². The minimum atomic E-state index is -0.0704. The van der Waals surface area contributed by atoms with Crippen molar-refractivity contribution in [1.82, 2.24) is 15.2 Å². The summed E-state index contributed by atoms with van der Waals surface area (Å²) in [4.78, 5) is 20.1. The number of oxazole rings is 1. The fraction of sp³-hybridized carbons (Fsp3) is 0.364. The molecule has 144 valence electrons. The van der Waals surface area contributed by atoms with Gasteiger partial charge in [0.15, 0.2) is 5.58 Å². The van der Waals surface area contributed by atoms with E-state index in [-0.39, 0.29) is 11.9 Å². The number of ether oxygens (including phenoxy) is 1. The zero-order chi connectivity index (χ0) is 19.1. The van der Waals surface area contributed by atoms with E-state index in [1.54, 1.807) is 7.11 Å². The SMILES string of the molecule is COc1ccc(-c2nc3c(C(=O)NC4CN5CCC4CC5)cccc3o2)cc1. The van der Waals surface area contributed by atoms with E-state index in [1.807, 2.05) is 42.5 Å². The number of hydrogen-bond donors (Lipinski definition) is 1. The predicted octanol–water partition coefficient (Wildman–Crippen LogP) is 3.33. The largest absolute Gasteiger partial charge is 0.497 e. The second-order valence-electron chi connectivity index (χ2n) is 7.62. The molecule has 1 aromatic heterocycles. The van der Waals surface area contributed by atoms with Crippen LogP contribution in [0.1, 0.15) is 23.2 Å². The molecule has 1 atom stereocenters. The number of methoxy groups -OCH3 is 1. The summed E-state index contributed by atoms with van der Waals surface area (Å²) in [6.07, 6.45) is 2.33. The standard InChI is InChI=1S/C22H23N3O3/c1-27-16-7-5-15(6-8-16)22-24-20-17(3-2-4-19(20)28-22)21(26)23-18-13-25-11-9-14(18)10-12-25/h2-8,14,18H,9-13H2,1H3,(H,23,26). The topological polar surface area (TPSA) is 67.6 Å². The van der Waals surface area contributed by atoms with Crippen LogP contribution in [0, 0.1) is 5.92 Å². The number of carbonyl (C=O) groups excluding carboxylic acids is 1. The van der Waals surface area contributed by atoms with Gasteiger partial charge in [0.1, 0.15) is 11.3 Å². The number of rotatable bonds is 4. The smallest absolute Gasteiger partial charge is 0.253 e. The van der Waals surface area contributed by atoms with Crippen molar-refractivity contribution in [2.75, 3.05) is 26.7 Å². The van der Waals surface area contributed by atoms with Gasteiger partial charge in [0, 0.05) is 18.2 Å². The molecule has 3 aliphatic rings. The molecule has 2 bridgehead atoms. The van der Waals surface area contributed by atoms with Crippen molar-refractivity contribution in [3.05, 3.63) is 48.0 Å². The Morgan fingerprint density at radius 2 is 1.96 bits per heavy atom. The van der Waals surface area contributed by atoms with Gasteiger partial charge >= 0.3 is 0 Å². The molecule has 0 radical (unpaired) electrons. The zero-order valence-electron chi connectivity index (χ0n) is 15.9. The lowest BCUT2D eigenvalue weighted by molar-refractivity contribution is 0.0621. The summed E-state index contributed by atoms with van der Waals surface area (Å²) in [6, 6.07) is 13.3. The lowest BCUT2D eigenvalue weighted by atomic mass is 9.84. The van der Waals surface area contributed by atoms with Gasteiger partial charge in [-0.05, 0) is 68.2 Å². The Morgan fingerprint density at radius 1 is 1.18 bits per heavy atom. The van der Waals surface area contributed by atoms with Gasteiger partial charge in [0.05, 0.1) is 12.7 Å². The molecule has 28 heavy (non-hydrogen) atoms. The first-order valence-corrected chi connectivity index (χ1v) is 9.78. The monoisotopic (exact) mass is 377 g/mol. The summed E-state index contributed by atoms with van der Waals surface area (Å²) in [6.45, 7) is 3.25. The normalized spacial score (nSPS) is 23.7. The molecule has 0 spiro atoms. The number of hydrogen-bond acceptors (Lipinski definition) is 5. The van der Waals surface area contributed by atoms with Gasteiger partial charge in [-0.2, -0.15) is 0 Å². The van der Waals surface area contributed by atoms with Crippen molar-refractivity contribution in [1.29, 1.82) is 0 Å². The maximum atomic E-state index is 13.0. The Morgan fingerprint density at radius 3 is 2.64 bits per heavy atom. The molecule has 1 unspecified atom stereocenters. The molecule has 6 rings (SSSR count). The third kappa shape index (κ3) is 3.03. The fourth-order valence-electron chi connectivity index (χ4n) is 4.36. The molecule has 3 fully saturated rings. The molecule has 0 aliphatic carbocycles. The highest BCUT2D eigenvalue weighted by atomic mass is 16.5. The van der Waals surface area contributed by atoms with Gasteiger partial charge in [0.25, 0.3) is 5.91 Å². The average molecular weight is 377 g/mol. The summed E-state index contributed by atoms with van der Waals surface area (Å²) < 4.78 is 11.1. The highest BCUT2D eigenvalue weighted by Gasteiger charge is 2.35. The van der Waals surface area contributed by atoms with Crippen molar-refractivity contribution in [2.24, 2.45) is 5.92 Å². The van der Waals surface area contributed by atoms with Crippen LogP contribution < -0.4 is 10.1 Å². The maximum absolute atomic E-state index is 13.0. The van der Waals surface area contributed by atoms with E-state index < -0.39 is 0 Å². The van der Waals surface area contributed by atoms with E-state index >= 15 is 0 Å². The minimum absolute atomic E-state index is 0.0704. The van der Waals surface area contributed by atoms with Crippen molar-refractivity contribution in [3.8, 4) is 17.2 Å². The van der Waals surface area contributed by atoms with Crippen molar-refractivity contribution in [2.45, 2.75) is 18.9 Å². The molecule has 1 N–H and O–H groups in total. The highest BCUT2D eigenvalue weighted by Crippen LogP contribution is 2.30. The molecule has 6 nitrogen and oxygen atoms in total. The van der Waals surface area contributed by atoms with E-state index in [0.29, 0.717) is 28.5 Å². The Labute approximate surface area is 163 Å². The first kappa shape index (κ1) is 17.3. The summed E-state index contributed by atoms with van der Waals surface area (Å²) in [5.74, 6) is 1.79. The first-order valence-electron chi connectivity index (χ1n) is 9.78. The van der Waals surface area contributed by atoms with Crippen LogP contribution in [0.2, 0.25) is 0 Å². The number of para-hydroxylation sites is 1. The number of piperidine rings is 3. The Balaban J connectivity index is 1.43. The second kappa shape index (κ2) is 6.95. The zero-order valence-corrected chi connectivity index (χ0v) is 15.9. The van der Waals surface area contributed by atoms with E-state index in [2.05, 4.69) is 15.2 Å². The molecule has 0 saturated carbocycles. The molecule has 3 aliphatic heterocycles. The van der Waals surface area contributed by atoms with Crippen LogP contribution in [0.5, 0.6) is 5.75 Å². The summed E-state index contributed by atoms with van der Waals surface area (Å²) in [5.41, 5.74) is 2.64. The maximum Gasteiger partial charge on any atom is 0.253 e. The Kier molecular flexibility index (Phi) is 4.28. The van der Waals surface area contributed by atoms with Crippen LogP contribution in [0.4, 0.5) is 0 Å². The van der Waals surface area contributed by atoms with Crippen LogP contribution in [-0.4, -0.2) is 48.6 Å². The van der Waals surface area contributed by atoms with E-state index in [1.165, 1.54) is 12.8 Å². The van der Waals surface area contributed by atoms with Crippen LogP contribution in [0.3, 0.4) is 0 Å². The number of fused-ring (bicyclic) bond motifs is 4. The molecule has 3 saturated heterocycles. The number of carbonyl (C=O) groups is 1. The van der Waals surface area contributed by atoms with Gasteiger partial charge in [-0.3, -0.25) is 4.79 Å². The molecule has 3 aromatic rings. The number of amides is 1. The van der Waals surface area contributed by atoms with Crippen LogP contribution in [0.25, 0.3) is 22.6 Å². The lowest BCUT2D eigenvalue weighted by Crippen LogP contribution is -2.57. The van der Waals surface area contributed by atoms with Crippen LogP contribution in [-0.2, 0) is 0 Å². The summed E-state index contributed by atoms with van der Waals surface area (Å²) >= 11 is 0. The quantitative estimate of drug-likeness (QED) is 0.755. The van der Waals surface area contributed by atoms with Gasteiger partial charge in [-0.25, -0.2) is 4.98 Å². The number of nitrogens with one attached hydrogen (secondary N) is 1. The van der Waals surface area contributed by atoms with Crippen LogP contribution in [0.15, 0.2) is 46.9 Å². The third-order valence-electron chi connectivity index (χ3n) is 5.97. The van der Waals surface area contributed by atoms with Crippen LogP contribution >= 0.6 is 0 Å². The number of nitrogens with zero attached hydrogens (tertiary/aromatic N) is 2. The molecular weight excluding hydrogens is 354 g/mol. The van der Waals surface area contributed by atoms with E-state index in [9.17, 15) is 4.79 Å². The Hall–Kier alpha value is -2.86. The number of aromatic nitrogens is 1. The molecule has 6 heteroatoms. The molecule has 1 amide bonds. The summed E-state index contributed by atoms with van der Waals surface area (Å²) in [7, 11) is 1.63. The van der Waals surface area contributed by atoms with Crippen molar-refractivity contribution < 1.29 is 13.9 Å². The van der Waals surface area contributed by atoms with E-state index in [4.69, 9.17) is 9.15 Å². The highest BCUT2D eigenvalue weighted by molar-refractivity contribution is 6.05.